The zero-order valence-corrected chi connectivity index (χ0v) is 7.57. The Hall–Kier alpha value is -1.08. The molecule has 1 aliphatic rings. The van der Waals surface area contributed by atoms with E-state index in [-0.39, 0.29) is 25.1 Å². The Kier molecular flexibility index (Phi) is 3.71. The maximum atomic E-state index is 11.4. The molecule has 13 heavy (non-hydrogen) atoms. The van der Waals surface area contributed by atoms with E-state index in [4.69, 9.17) is 11.7 Å². The third-order valence-corrected chi connectivity index (χ3v) is 2.37. The van der Waals surface area contributed by atoms with E-state index >= 15 is 0 Å². The van der Waals surface area contributed by atoms with Crippen LogP contribution < -0.4 is 0 Å². The highest BCUT2D eigenvalue weighted by Crippen LogP contribution is 2.16. The predicted molar refractivity (Wildman–Crippen MR) is 47.9 cm³/mol. The van der Waals surface area contributed by atoms with Gasteiger partial charge < -0.3 is 14.9 Å². The SMILES string of the molecule is [C-]#[N+]CC(=O)N1CCCC[C@@H]1CO. The molecule has 1 atom stereocenters. The summed E-state index contributed by atoms with van der Waals surface area (Å²) < 4.78 is 0. The number of likely N-dealkylation sites (tertiary alicyclic amines) is 1. The summed E-state index contributed by atoms with van der Waals surface area (Å²) in [7, 11) is 0. The molecule has 1 rings (SSSR count). The van der Waals surface area contributed by atoms with E-state index in [1.54, 1.807) is 4.90 Å². The molecule has 0 bridgehead atoms. The number of rotatable bonds is 2. The Balaban J connectivity index is 2.54. The van der Waals surface area contributed by atoms with Crippen molar-refractivity contribution in [2.45, 2.75) is 25.3 Å². The maximum Gasteiger partial charge on any atom is 0.303 e. The average Bonchev–Trinajstić information content (AvgIpc) is 2.18. The van der Waals surface area contributed by atoms with E-state index in [0.717, 1.165) is 19.3 Å². The summed E-state index contributed by atoms with van der Waals surface area (Å²) in [6.07, 6.45) is 2.91. The van der Waals surface area contributed by atoms with Crippen molar-refractivity contribution < 1.29 is 9.90 Å². The molecular formula is C9H14N2O2. The molecule has 72 valence electrons. The number of aliphatic hydroxyl groups is 1. The van der Waals surface area contributed by atoms with Gasteiger partial charge in [-0.25, -0.2) is 6.57 Å². The van der Waals surface area contributed by atoms with Gasteiger partial charge in [0.15, 0.2) is 0 Å². The lowest BCUT2D eigenvalue weighted by atomic mass is 10.0. The summed E-state index contributed by atoms with van der Waals surface area (Å²) >= 11 is 0. The van der Waals surface area contributed by atoms with Crippen molar-refractivity contribution in [2.75, 3.05) is 19.7 Å². The number of carbonyl (C=O) groups is 1. The molecule has 0 unspecified atom stereocenters. The summed E-state index contributed by atoms with van der Waals surface area (Å²) in [5, 5.41) is 9.01. The van der Waals surface area contributed by atoms with Crippen LogP contribution in [0.1, 0.15) is 19.3 Å². The van der Waals surface area contributed by atoms with Crippen molar-refractivity contribution in [3.63, 3.8) is 0 Å². The van der Waals surface area contributed by atoms with Crippen LogP contribution in [0.3, 0.4) is 0 Å². The summed E-state index contributed by atoms with van der Waals surface area (Å²) in [6.45, 7) is 7.21. The summed E-state index contributed by atoms with van der Waals surface area (Å²) in [5.74, 6) is -0.145. The van der Waals surface area contributed by atoms with Gasteiger partial charge in [0.2, 0.25) is 0 Å². The number of amides is 1. The van der Waals surface area contributed by atoms with Gasteiger partial charge in [0.05, 0.1) is 12.6 Å². The van der Waals surface area contributed by atoms with Crippen LogP contribution in [0.15, 0.2) is 0 Å². The zero-order chi connectivity index (χ0) is 9.68. The molecule has 0 aromatic carbocycles. The van der Waals surface area contributed by atoms with Crippen LogP contribution in [0.5, 0.6) is 0 Å². The van der Waals surface area contributed by atoms with Crippen LogP contribution in [-0.4, -0.2) is 41.7 Å². The molecule has 1 aliphatic heterocycles. The molecule has 1 amide bonds. The number of piperidine rings is 1. The summed E-state index contributed by atoms with van der Waals surface area (Å²) in [5.41, 5.74) is 0. The van der Waals surface area contributed by atoms with E-state index in [2.05, 4.69) is 4.85 Å². The Labute approximate surface area is 78.0 Å². The van der Waals surface area contributed by atoms with Gasteiger partial charge in [-0.05, 0) is 19.3 Å². The van der Waals surface area contributed by atoms with Crippen molar-refractivity contribution in [3.8, 4) is 0 Å². The quantitative estimate of drug-likeness (QED) is 0.623. The summed E-state index contributed by atoms with van der Waals surface area (Å²) in [6, 6.07) is -0.0528. The molecule has 4 heteroatoms. The van der Waals surface area contributed by atoms with Crippen molar-refractivity contribution >= 4 is 5.91 Å². The van der Waals surface area contributed by atoms with Gasteiger partial charge in [0.25, 0.3) is 6.54 Å². The lowest BCUT2D eigenvalue weighted by Crippen LogP contribution is -2.46. The topological polar surface area (TPSA) is 44.9 Å². The van der Waals surface area contributed by atoms with Crippen molar-refractivity contribution in [1.82, 2.24) is 4.90 Å². The largest absolute Gasteiger partial charge is 0.394 e. The van der Waals surface area contributed by atoms with Crippen LogP contribution in [-0.2, 0) is 4.79 Å². The van der Waals surface area contributed by atoms with Gasteiger partial charge in [0, 0.05) is 6.54 Å². The van der Waals surface area contributed by atoms with E-state index < -0.39 is 0 Å². The number of hydrogen-bond acceptors (Lipinski definition) is 2. The molecule has 0 saturated carbocycles. The molecular weight excluding hydrogens is 168 g/mol. The second kappa shape index (κ2) is 4.83. The molecule has 0 aromatic heterocycles. The second-order valence-corrected chi connectivity index (χ2v) is 3.24. The second-order valence-electron chi connectivity index (χ2n) is 3.24. The molecule has 0 radical (unpaired) electrons. The van der Waals surface area contributed by atoms with Crippen LogP contribution >= 0.6 is 0 Å². The molecule has 0 aromatic rings. The van der Waals surface area contributed by atoms with Crippen molar-refractivity contribution in [2.24, 2.45) is 0 Å². The Morgan fingerprint density at radius 2 is 2.38 bits per heavy atom. The first kappa shape index (κ1) is 10.0. The molecule has 1 saturated heterocycles. The highest BCUT2D eigenvalue weighted by atomic mass is 16.3. The lowest BCUT2D eigenvalue weighted by Gasteiger charge is -2.33. The monoisotopic (exact) mass is 182 g/mol. The molecule has 0 spiro atoms. The van der Waals surface area contributed by atoms with Gasteiger partial charge in [-0.2, -0.15) is 0 Å². The van der Waals surface area contributed by atoms with Crippen LogP contribution in [0, 0.1) is 6.57 Å². The first-order valence-corrected chi connectivity index (χ1v) is 4.53. The fraction of sp³-hybridized carbons (Fsp3) is 0.778. The van der Waals surface area contributed by atoms with Crippen molar-refractivity contribution in [1.29, 1.82) is 0 Å². The number of nitrogens with zero attached hydrogens (tertiary/aromatic N) is 2. The number of aliphatic hydroxyl groups excluding tert-OH is 1. The molecule has 1 N–H and O–H groups in total. The Morgan fingerprint density at radius 1 is 1.62 bits per heavy atom. The highest BCUT2D eigenvalue weighted by Gasteiger charge is 2.26. The van der Waals surface area contributed by atoms with Gasteiger partial charge in [0.1, 0.15) is 0 Å². The normalized spacial score (nSPS) is 22.5. The smallest absolute Gasteiger partial charge is 0.303 e. The van der Waals surface area contributed by atoms with E-state index in [9.17, 15) is 4.79 Å². The minimum Gasteiger partial charge on any atom is -0.394 e. The van der Waals surface area contributed by atoms with Crippen LogP contribution in [0.4, 0.5) is 0 Å². The molecule has 1 fully saturated rings. The van der Waals surface area contributed by atoms with Gasteiger partial charge in [-0.15, -0.1) is 0 Å². The van der Waals surface area contributed by atoms with Gasteiger partial charge in [-0.3, -0.25) is 4.79 Å². The molecule has 4 nitrogen and oxygen atoms in total. The van der Waals surface area contributed by atoms with Crippen molar-refractivity contribution in [3.05, 3.63) is 11.4 Å². The standard InChI is InChI=1S/C9H14N2O2/c1-10-6-9(13)11-5-3-2-4-8(11)7-12/h8,12H,2-7H2/t8-/m1/s1. The zero-order valence-electron chi connectivity index (χ0n) is 7.57. The first-order valence-electron chi connectivity index (χ1n) is 4.53. The fourth-order valence-electron chi connectivity index (χ4n) is 1.68. The highest BCUT2D eigenvalue weighted by molar-refractivity contribution is 5.80. The third-order valence-electron chi connectivity index (χ3n) is 2.37. The van der Waals surface area contributed by atoms with Gasteiger partial charge >= 0.3 is 5.91 Å². The fourth-order valence-corrected chi connectivity index (χ4v) is 1.68. The maximum absolute atomic E-state index is 11.4. The van der Waals surface area contributed by atoms with Crippen LogP contribution in [0.25, 0.3) is 4.85 Å². The van der Waals surface area contributed by atoms with E-state index in [0.29, 0.717) is 6.54 Å². The first-order chi connectivity index (χ1) is 6.29. The minimum absolute atomic E-state index is 0.0176. The van der Waals surface area contributed by atoms with Crippen LogP contribution in [0.2, 0.25) is 0 Å². The molecule has 0 aliphatic carbocycles. The number of carbonyl (C=O) groups excluding carboxylic acids is 1. The van der Waals surface area contributed by atoms with E-state index in [1.165, 1.54) is 0 Å². The predicted octanol–water partition coefficient (Wildman–Crippen LogP) is 0.279. The minimum atomic E-state index is -0.145. The molecule has 1 heterocycles. The third kappa shape index (κ3) is 2.43. The Morgan fingerprint density at radius 3 is 3.00 bits per heavy atom. The Bertz CT molecular complexity index is 222. The number of hydrogen-bond donors (Lipinski definition) is 1. The lowest BCUT2D eigenvalue weighted by molar-refractivity contribution is -0.133. The van der Waals surface area contributed by atoms with Gasteiger partial charge in [-0.1, -0.05) is 0 Å². The summed E-state index contributed by atoms with van der Waals surface area (Å²) in [4.78, 5) is 16.1. The van der Waals surface area contributed by atoms with E-state index in [1.807, 2.05) is 0 Å². The average molecular weight is 182 g/mol.